The van der Waals surface area contributed by atoms with Gasteiger partial charge in [-0.3, -0.25) is 0 Å². The van der Waals surface area contributed by atoms with Crippen LogP contribution in [-0.2, 0) is 0 Å². The molecule has 0 aromatic heterocycles. The molecule has 0 aliphatic carbocycles. The number of nitrogens with zero attached hydrogens (tertiary/aromatic N) is 1. The second-order valence-electron chi connectivity index (χ2n) is 3.56. The third-order valence-corrected chi connectivity index (χ3v) is 4.27. The highest BCUT2D eigenvalue weighted by Crippen LogP contribution is 2.29. The molecule has 1 aromatic carbocycles. The summed E-state index contributed by atoms with van der Waals surface area (Å²) < 4.78 is 0. The Morgan fingerprint density at radius 1 is 1.44 bits per heavy atom. The summed E-state index contributed by atoms with van der Waals surface area (Å²) in [6.45, 7) is 1.86. The molecule has 1 aromatic rings. The van der Waals surface area contributed by atoms with Crippen molar-refractivity contribution >= 4 is 35.0 Å². The summed E-state index contributed by atoms with van der Waals surface area (Å²) >= 11 is 13.3. The highest BCUT2D eigenvalue weighted by Gasteiger charge is 2.21. The third-order valence-electron chi connectivity index (χ3n) is 2.22. The number of hydrogen-bond donors (Lipinski definition) is 1. The van der Waals surface area contributed by atoms with E-state index in [2.05, 4.69) is 11.4 Å². The number of benzene rings is 1. The highest BCUT2D eigenvalue weighted by molar-refractivity contribution is 7.99. The SMILES string of the molecule is CNC(C)(C#N)CSc1ccc(Cl)c(Cl)c1. The van der Waals surface area contributed by atoms with Gasteiger partial charge in [0.1, 0.15) is 5.54 Å². The van der Waals surface area contributed by atoms with Gasteiger partial charge in [0.05, 0.1) is 16.1 Å². The van der Waals surface area contributed by atoms with E-state index >= 15 is 0 Å². The van der Waals surface area contributed by atoms with Crippen molar-refractivity contribution < 1.29 is 0 Å². The maximum absolute atomic E-state index is 8.99. The maximum Gasteiger partial charge on any atom is 0.113 e. The zero-order valence-electron chi connectivity index (χ0n) is 9.05. The number of hydrogen-bond acceptors (Lipinski definition) is 3. The molecule has 0 bridgehead atoms. The number of thioether (sulfide) groups is 1. The van der Waals surface area contributed by atoms with E-state index in [1.165, 1.54) is 0 Å². The molecule has 1 atom stereocenters. The minimum absolute atomic E-state index is 0.531. The standard InChI is InChI=1S/C11H12Cl2N2S/c1-11(6-14,15-2)7-16-8-3-4-9(12)10(13)5-8/h3-5,15H,7H2,1-2H3. The Kier molecular flexibility index (Phi) is 4.94. The van der Waals surface area contributed by atoms with Crippen LogP contribution in [0.1, 0.15) is 6.92 Å². The summed E-state index contributed by atoms with van der Waals surface area (Å²) in [6.07, 6.45) is 0. The van der Waals surface area contributed by atoms with Gasteiger partial charge in [-0.1, -0.05) is 23.2 Å². The van der Waals surface area contributed by atoms with E-state index in [9.17, 15) is 0 Å². The first-order valence-electron chi connectivity index (χ1n) is 4.69. The Balaban J connectivity index is 2.69. The van der Waals surface area contributed by atoms with Crippen molar-refractivity contribution in [2.45, 2.75) is 17.4 Å². The molecule has 2 nitrogen and oxygen atoms in total. The van der Waals surface area contributed by atoms with Crippen LogP contribution in [0.25, 0.3) is 0 Å². The lowest BCUT2D eigenvalue weighted by molar-refractivity contribution is 0.550. The van der Waals surface area contributed by atoms with Gasteiger partial charge in [-0.25, -0.2) is 0 Å². The molecule has 16 heavy (non-hydrogen) atoms. The lowest BCUT2D eigenvalue weighted by Gasteiger charge is -2.19. The monoisotopic (exact) mass is 274 g/mol. The zero-order valence-corrected chi connectivity index (χ0v) is 11.4. The number of halogens is 2. The van der Waals surface area contributed by atoms with E-state index in [0.29, 0.717) is 15.8 Å². The van der Waals surface area contributed by atoms with Crippen LogP contribution in [0.3, 0.4) is 0 Å². The molecule has 1 unspecified atom stereocenters. The number of nitrogens with one attached hydrogen (secondary N) is 1. The van der Waals surface area contributed by atoms with Crippen LogP contribution in [0.5, 0.6) is 0 Å². The average molecular weight is 275 g/mol. The number of nitriles is 1. The van der Waals surface area contributed by atoms with E-state index in [1.54, 1.807) is 24.9 Å². The summed E-state index contributed by atoms with van der Waals surface area (Å²) in [5.74, 6) is 0.651. The molecule has 0 amide bonds. The van der Waals surface area contributed by atoms with Gasteiger partial charge in [-0.2, -0.15) is 5.26 Å². The van der Waals surface area contributed by atoms with E-state index < -0.39 is 5.54 Å². The van der Waals surface area contributed by atoms with E-state index in [-0.39, 0.29) is 0 Å². The predicted octanol–water partition coefficient (Wildman–Crippen LogP) is 3.59. The van der Waals surface area contributed by atoms with Crippen LogP contribution in [0.15, 0.2) is 23.1 Å². The molecule has 0 aliphatic heterocycles. The van der Waals surface area contributed by atoms with Gasteiger partial charge < -0.3 is 5.32 Å². The molecule has 5 heteroatoms. The molecular formula is C11H12Cl2N2S. The second-order valence-corrected chi connectivity index (χ2v) is 5.42. The van der Waals surface area contributed by atoms with Crippen LogP contribution in [0.2, 0.25) is 10.0 Å². The fourth-order valence-electron chi connectivity index (χ4n) is 0.955. The van der Waals surface area contributed by atoms with Crippen molar-refractivity contribution in [2.75, 3.05) is 12.8 Å². The Morgan fingerprint density at radius 3 is 2.62 bits per heavy atom. The fraction of sp³-hybridized carbons (Fsp3) is 0.364. The minimum atomic E-state index is -0.531. The molecule has 0 radical (unpaired) electrons. The summed E-state index contributed by atoms with van der Waals surface area (Å²) in [4.78, 5) is 1.01. The summed E-state index contributed by atoms with van der Waals surface area (Å²) in [5, 5.41) is 13.1. The Hall–Kier alpha value is -0.400. The topological polar surface area (TPSA) is 35.8 Å². The van der Waals surface area contributed by atoms with Crippen LogP contribution in [0, 0.1) is 11.3 Å². The molecule has 0 heterocycles. The van der Waals surface area contributed by atoms with Crippen molar-refractivity contribution in [1.82, 2.24) is 5.32 Å². The second kappa shape index (κ2) is 5.79. The Bertz CT molecular complexity index is 417. The number of rotatable bonds is 4. The minimum Gasteiger partial charge on any atom is -0.302 e. The predicted molar refractivity (Wildman–Crippen MR) is 70.3 cm³/mol. The lowest BCUT2D eigenvalue weighted by atomic mass is 10.1. The molecule has 86 valence electrons. The summed E-state index contributed by atoms with van der Waals surface area (Å²) in [7, 11) is 1.78. The van der Waals surface area contributed by atoms with Crippen molar-refractivity contribution in [2.24, 2.45) is 0 Å². The first-order valence-corrected chi connectivity index (χ1v) is 6.43. The summed E-state index contributed by atoms with van der Waals surface area (Å²) in [5.41, 5.74) is -0.531. The first-order chi connectivity index (χ1) is 7.50. The normalized spacial score (nSPS) is 14.2. The van der Waals surface area contributed by atoms with Crippen LogP contribution in [0.4, 0.5) is 0 Å². The molecule has 0 spiro atoms. The van der Waals surface area contributed by atoms with Gasteiger partial charge in [-0.15, -0.1) is 11.8 Å². The molecule has 0 fully saturated rings. The van der Waals surface area contributed by atoms with Gasteiger partial charge in [0.25, 0.3) is 0 Å². The largest absolute Gasteiger partial charge is 0.302 e. The van der Waals surface area contributed by atoms with Gasteiger partial charge in [0.2, 0.25) is 0 Å². The van der Waals surface area contributed by atoms with Gasteiger partial charge >= 0.3 is 0 Å². The first kappa shape index (κ1) is 13.7. The van der Waals surface area contributed by atoms with Gasteiger partial charge in [-0.05, 0) is 32.2 Å². The average Bonchev–Trinajstić information content (AvgIpc) is 2.30. The van der Waals surface area contributed by atoms with Crippen molar-refractivity contribution in [1.29, 1.82) is 5.26 Å². The molecule has 0 saturated carbocycles. The Labute approximate surface area is 110 Å². The third kappa shape index (κ3) is 3.57. The van der Waals surface area contributed by atoms with Crippen LogP contribution in [-0.4, -0.2) is 18.3 Å². The van der Waals surface area contributed by atoms with Crippen molar-refractivity contribution in [3.05, 3.63) is 28.2 Å². The molecule has 0 saturated heterocycles. The van der Waals surface area contributed by atoms with Crippen LogP contribution < -0.4 is 5.32 Å². The molecule has 1 rings (SSSR count). The fourth-order valence-corrected chi connectivity index (χ4v) is 2.35. The van der Waals surface area contributed by atoms with Crippen molar-refractivity contribution in [3.63, 3.8) is 0 Å². The zero-order chi connectivity index (χ0) is 12.2. The quantitative estimate of drug-likeness (QED) is 0.853. The smallest absolute Gasteiger partial charge is 0.113 e. The highest BCUT2D eigenvalue weighted by atomic mass is 35.5. The van der Waals surface area contributed by atoms with E-state index in [0.717, 1.165) is 4.90 Å². The van der Waals surface area contributed by atoms with E-state index in [4.69, 9.17) is 28.5 Å². The van der Waals surface area contributed by atoms with Crippen molar-refractivity contribution in [3.8, 4) is 6.07 Å². The molecule has 0 aliphatic rings. The van der Waals surface area contributed by atoms with Crippen LogP contribution >= 0.6 is 35.0 Å². The van der Waals surface area contributed by atoms with Gasteiger partial charge in [0, 0.05) is 10.6 Å². The molecule has 1 N–H and O–H groups in total. The maximum atomic E-state index is 8.99. The van der Waals surface area contributed by atoms with E-state index in [1.807, 2.05) is 19.1 Å². The summed E-state index contributed by atoms with van der Waals surface area (Å²) in [6, 6.07) is 7.70. The Morgan fingerprint density at radius 2 is 2.12 bits per heavy atom. The lowest BCUT2D eigenvalue weighted by Crippen LogP contribution is -2.40. The van der Waals surface area contributed by atoms with Gasteiger partial charge in [0.15, 0.2) is 0 Å². The molecular weight excluding hydrogens is 263 g/mol.